The van der Waals surface area contributed by atoms with E-state index in [1.807, 2.05) is 83.5 Å². The quantitative estimate of drug-likeness (QED) is 0.424. The Morgan fingerprint density at radius 1 is 0.700 bits per heavy atom. The molecule has 0 saturated heterocycles. The lowest BCUT2D eigenvalue weighted by Gasteiger charge is -2.12. The van der Waals surface area contributed by atoms with Crippen molar-refractivity contribution in [1.82, 2.24) is 19.6 Å². The first-order valence-corrected chi connectivity index (χ1v) is 10.1. The number of benzene rings is 3. The summed E-state index contributed by atoms with van der Waals surface area (Å²) in [6.07, 6.45) is 0.773. The van der Waals surface area contributed by atoms with Crippen LogP contribution in [-0.4, -0.2) is 19.6 Å². The van der Waals surface area contributed by atoms with Gasteiger partial charge < -0.3 is 0 Å². The van der Waals surface area contributed by atoms with E-state index in [4.69, 9.17) is 15.0 Å². The predicted molar refractivity (Wildman–Crippen MR) is 121 cm³/mol. The third kappa shape index (κ3) is 3.31. The van der Waals surface area contributed by atoms with E-state index in [1.165, 1.54) is 0 Å². The topological polar surface area (TPSA) is 55.6 Å². The number of para-hydroxylation sites is 1. The molecule has 0 atom stereocenters. The van der Waals surface area contributed by atoms with Crippen LogP contribution in [0.25, 0.3) is 33.9 Å². The summed E-state index contributed by atoms with van der Waals surface area (Å²) in [4.78, 5) is 14.7. The lowest BCUT2D eigenvalue weighted by molar-refractivity contribution is 0.971. The summed E-state index contributed by atoms with van der Waals surface area (Å²) in [5.41, 5.74) is 8.98. The molecule has 0 aliphatic carbocycles. The van der Waals surface area contributed by atoms with Crippen molar-refractivity contribution in [3.8, 4) is 22.8 Å². The Morgan fingerprint density at radius 2 is 1.30 bits per heavy atom. The van der Waals surface area contributed by atoms with Gasteiger partial charge in [-0.2, -0.15) is 0 Å². The number of anilines is 1. The van der Waals surface area contributed by atoms with Crippen molar-refractivity contribution < 1.29 is 0 Å². The lowest BCUT2D eigenvalue weighted by Crippen LogP contribution is -2.12. The zero-order chi connectivity index (χ0) is 20.3. The number of hydrogen-bond acceptors (Lipinski definition) is 4. The summed E-state index contributed by atoms with van der Waals surface area (Å²) in [5.74, 6) is 1.51. The molecule has 0 spiro atoms. The molecule has 5 heteroatoms. The number of nitrogens with one attached hydrogen (secondary N) is 1. The van der Waals surface area contributed by atoms with Gasteiger partial charge >= 0.3 is 0 Å². The van der Waals surface area contributed by atoms with Crippen molar-refractivity contribution in [2.75, 3.05) is 5.43 Å². The molecule has 2 heterocycles. The number of hydrogen-bond donors (Lipinski definition) is 1. The zero-order valence-corrected chi connectivity index (χ0v) is 16.7. The van der Waals surface area contributed by atoms with Gasteiger partial charge in [0.25, 0.3) is 0 Å². The van der Waals surface area contributed by atoms with Crippen LogP contribution in [0.5, 0.6) is 0 Å². The number of fused-ring (bicyclic) bond motifs is 1. The van der Waals surface area contributed by atoms with Crippen LogP contribution >= 0.6 is 0 Å². The Bertz CT molecular complexity index is 1280. The van der Waals surface area contributed by atoms with Gasteiger partial charge in [-0.25, -0.2) is 19.6 Å². The molecule has 30 heavy (non-hydrogen) atoms. The SMILES string of the molecule is CCc1nc(-c2ccccc2)nc2c1nc(-c1ccccc1)n2Nc1ccccc1. The fraction of sp³-hybridized carbons (Fsp3) is 0.0800. The van der Waals surface area contributed by atoms with Crippen LogP contribution in [0.3, 0.4) is 0 Å². The molecule has 0 aliphatic rings. The maximum Gasteiger partial charge on any atom is 0.183 e. The number of imidazole rings is 1. The summed E-state index contributed by atoms with van der Waals surface area (Å²) in [5, 5.41) is 0. The van der Waals surface area contributed by atoms with Crippen LogP contribution in [0.1, 0.15) is 12.6 Å². The van der Waals surface area contributed by atoms with Crippen molar-refractivity contribution in [2.24, 2.45) is 0 Å². The highest BCUT2D eigenvalue weighted by Gasteiger charge is 2.19. The zero-order valence-electron chi connectivity index (χ0n) is 16.7. The average Bonchev–Trinajstić information content (AvgIpc) is 3.18. The van der Waals surface area contributed by atoms with Gasteiger partial charge in [-0.3, -0.25) is 5.43 Å². The van der Waals surface area contributed by atoms with Crippen molar-refractivity contribution in [1.29, 1.82) is 0 Å². The predicted octanol–water partition coefficient (Wildman–Crippen LogP) is 5.60. The maximum absolute atomic E-state index is 4.96. The number of aromatic nitrogens is 4. The first kappa shape index (κ1) is 18.1. The minimum absolute atomic E-state index is 0.704. The van der Waals surface area contributed by atoms with Crippen LogP contribution in [0.4, 0.5) is 5.69 Å². The molecule has 0 saturated carbocycles. The summed E-state index contributed by atoms with van der Waals surface area (Å²) in [6.45, 7) is 2.10. The third-order valence-corrected chi connectivity index (χ3v) is 4.99. The van der Waals surface area contributed by atoms with Crippen molar-refractivity contribution in [2.45, 2.75) is 13.3 Å². The third-order valence-electron chi connectivity index (χ3n) is 4.99. The molecule has 1 N–H and O–H groups in total. The van der Waals surface area contributed by atoms with Gasteiger partial charge in [-0.05, 0) is 18.6 Å². The van der Waals surface area contributed by atoms with E-state index in [2.05, 4.69) is 24.5 Å². The van der Waals surface area contributed by atoms with Crippen LogP contribution in [0, 0.1) is 0 Å². The van der Waals surface area contributed by atoms with E-state index in [1.54, 1.807) is 0 Å². The molecule has 2 aromatic heterocycles. The minimum atomic E-state index is 0.704. The van der Waals surface area contributed by atoms with Crippen LogP contribution < -0.4 is 5.43 Å². The summed E-state index contributed by atoms with van der Waals surface area (Å²) < 4.78 is 1.97. The highest BCUT2D eigenvalue weighted by atomic mass is 15.5. The number of aryl methyl sites for hydroxylation is 1. The Hall–Kier alpha value is -3.99. The van der Waals surface area contributed by atoms with Gasteiger partial charge in [0.15, 0.2) is 17.3 Å². The molecule has 0 radical (unpaired) electrons. The Morgan fingerprint density at radius 3 is 1.93 bits per heavy atom. The molecular weight excluding hydrogens is 370 g/mol. The Balaban J connectivity index is 1.78. The Labute approximate surface area is 175 Å². The molecule has 146 valence electrons. The van der Waals surface area contributed by atoms with Gasteiger partial charge in [0.2, 0.25) is 0 Å². The van der Waals surface area contributed by atoms with Gasteiger partial charge in [0.1, 0.15) is 5.52 Å². The van der Waals surface area contributed by atoms with E-state index in [0.717, 1.165) is 45.9 Å². The van der Waals surface area contributed by atoms with Crippen LogP contribution in [0.2, 0.25) is 0 Å². The molecule has 0 bridgehead atoms. The van der Waals surface area contributed by atoms with E-state index in [0.29, 0.717) is 5.82 Å². The Kier molecular flexibility index (Phi) is 4.69. The number of rotatable bonds is 5. The maximum atomic E-state index is 4.96. The standard InChI is InChI=1S/C25H21N5/c1-2-21-22-25(28-23(26-21)18-12-6-3-7-13-18)30(29-20-16-10-5-11-17-20)24(27-22)19-14-8-4-9-15-19/h3-17,29H,2H2,1H3. The van der Waals surface area contributed by atoms with Crippen LogP contribution in [-0.2, 0) is 6.42 Å². The lowest BCUT2D eigenvalue weighted by atomic mass is 10.2. The van der Waals surface area contributed by atoms with Crippen molar-refractivity contribution >= 4 is 16.9 Å². The van der Waals surface area contributed by atoms with Crippen molar-refractivity contribution in [3.63, 3.8) is 0 Å². The van der Waals surface area contributed by atoms with Gasteiger partial charge in [-0.15, -0.1) is 0 Å². The fourth-order valence-corrected chi connectivity index (χ4v) is 3.51. The van der Waals surface area contributed by atoms with Gasteiger partial charge in [0, 0.05) is 11.1 Å². The summed E-state index contributed by atoms with van der Waals surface area (Å²) in [7, 11) is 0. The van der Waals surface area contributed by atoms with E-state index >= 15 is 0 Å². The first-order chi connectivity index (χ1) is 14.8. The molecule has 5 nitrogen and oxygen atoms in total. The van der Waals surface area contributed by atoms with E-state index < -0.39 is 0 Å². The second-order valence-corrected chi connectivity index (χ2v) is 7.00. The molecule has 0 aliphatic heterocycles. The molecule has 0 amide bonds. The molecule has 0 unspecified atom stereocenters. The normalized spacial score (nSPS) is 11.0. The molecule has 5 aromatic rings. The highest BCUT2D eigenvalue weighted by Crippen LogP contribution is 2.28. The smallest absolute Gasteiger partial charge is 0.183 e. The summed E-state index contributed by atoms with van der Waals surface area (Å²) >= 11 is 0. The first-order valence-electron chi connectivity index (χ1n) is 10.1. The largest absolute Gasteiger partial charge is 0.291 e. The van der Waals surface area contributed by atoms with E-state index in [9.17, 15) is 0 Å². The highest BCUT2D eigenvalue weighted by molar-refractivity contribution is 5.82. The monoisotopic (exact) mass is 391 g/mol. The summed E-state index contributed by atoms with van der Waals surface area (Å²) in [6, 6.07) is 30.3. The average molecular weight is 391 g/mol. The molecular formula is C25H21N5. The van der Waals surface area contributed by atoms with Crippen molar-refractivity contribution in [3.05, 3.63) is 96.7 Å². The molecule has 5 rings (SSSR count). The number of nitrogens with zero attached hydrogens (tertiary/aromatic N) is 4. The van der Waals surface area contributed by atoms with E-state index in [-0.39, 0.29) is 0 Å². The van der Waals surface area contributed by atoms with Gasteiger partial charge in [-0.1, -0.05) is 85.8 Å². The molecule has 3 aromatic carbocycles. The van der Waals surface area contributed by atoms with Gasteiger partial charge in [0.05, 0.1) is 11.4 Å². The van der Waals surface area contributed by atoms with Crippen LogP contribution in [0.15, 0.2) is 91.0 Å². The molecule has 0 fully saturated rings. The second kappa shape index (κ2) is 7.79. The minimum Gasteiger partial charge on any atom is -0.291 e. The second-order valence-electron chi connectivity index (χ2n) is 7.00. The fourth-order valence-electron chi connectivity index (χ4n) is 3.51.